The van der Waals surface area contributed by atoms with Crippen LogP contribution in [-0.2, 0) is 9.59 Å². The molecule has 0 aliphatic carbocycles. The summed E-state index contributed by atoms with van der Waals surface area (Å²) in [6.45, 7) is 15.9. The smallest absolute Gasteiger partial charge is 0.335 e. The molecule has 1 N–H and O–H groups in total. The Bertz CT molecular complexity index is 1260. The van der Waals surface area contributed by atoms with Gasteiger partial charge in [-0.2, -0.15) is 0 Å². The maximum Gasteiger partial charge on any atom is 0.335 e. The molecule has 2 heterocycles. The minimum atomic E-state index is -0.728. The Morgan fingerprint density at radius 1 is 1.03 bits per heavy atom. The number of hydrogen-bond donors (Lipinski definition) is 1. The van der Waals surface area contributed by atoms with Gasteiger partial charge in [-0.3, -0.25) is 14.9 Å². The van der Waals surface area contributed by atoms with Crippen LogP contribution in [0.4, 0.5) is 16.2 Å². The molecule has 2 aromatic rings. The Morgan fingerprint density at radius 2 is 1.74 bits per heavy atom. The number of anilines is 2. The second-order valence-electron chi connectivity index (χ2n) is 10.6. The molecule has 35 heavy (non-hydrogen) atoms. The minimum absolute atomic E-state index is 0.0416. The molecule has 1 saturated heterocycles. The van der Waals surface area contributed by atoms with E-state index >= 15 is 0 Å². The van der Waals surface area contributed by atoms with Crippen LogP contribution in [0.2, 0.25) is 0 Å². The number of amides is 4. The Morgan fingerprint density at radius 3 is 2.40 bits per heavy atom. The number of carbonyl (C=O) groups excluding carboxylic acids is 3. The van der Waals surface area contributed by atoms with E-state index in [1.54, 1.807) is 18.2 Å². The van der Waals surface area contributed by atoms with E-state index in [-0.39, 0.29) is 11.1 Å². The van der Waals surface area contributed by atoms with Gasteiger partial charge < -0.3 is 4.90 Å². The standard InChI is InChI=1S/C29H35N3O3/c1-8-11-31-25-13-19(4)21(14-23(25)20(5)16-29(31,6)7)15-24-26(33)30-28(35)32(27(24)34)22-10-9-17(2)18(3)12-22/h9-10,12-15,20H,8,11,16H2,1-7H3,(H,30,33,35)/b24-15-. The van der Waals surface area contributed by atoms with Crippen molar-refractivity contribution < 1.29 is 14.4 Å². The van der Waals surface area contributed by atoms with E-state index in [9.17, 15) is 14.4 Å². The number of aryl methyl sites for hydroxylation is 3. The lowest BCUT2D eigenvalue weighted by molar-refractivity contribution is -0.122. The third-order valence-electron chi connectivity index (χ3n) is 7.37. The van der Waals surface area contributed by atoms with Crippen molar-refractivity contribution in [1.82, 2.24) is 5.32 Å². The fraction of sp³-hybridized carbons (Fsp3) is 0.414. The average Bonchev–Trinajstić information content (AvgIpc) is 2.76. The Balaban J connectivity index is 1.77. The SMILES string of the molecule is CCCN1c2cc(C)c(/C=C3/C(=O)NC(=O)N(c4ccc(C)c(C)c4)C3=O)cc2C(C)CC1(C)C. The first-order valence-electron chi connectivity index (χ1n) is 12.4. The summed E-state index contributed by atoms with van der Waals surface area (Å²) in [7, 11) is 0. The van der Waals surface area contributed by atoms with Crippen molar-refractivity contribution in [2.45, 2.75) is 72.8 Å². The van der Waals surface area contributed by atoms with Crippen molar-refractivity contribution >= 4 is 35.3 Å². The molecule has 6 heteroatoms. The number of imide groups is 2. The number of hydrogen-bond acceptors (Lipinski definition) is 4. The monoisotopic (exact) mass is 473 g/mol. The first kappa shape index (κ1) is 24.7. The van der Waals surface area contributed by atoms with Crippen molar-refractivity contribution in [3.8, 4) is 0 Å². The average molecular weight is 474 g/mol. The van der Waals surface area contributed by atoms with Crippen LogP contribution in [0.25, 0.3) is 6.08 Å². The third kappa shape index (κ3) is 4.38. The summed E-state index contributed by atoms with van der Waals surface area (Å²) in [4.78, 5) is 42.3. The molecule has 6 nitrogen and oxygen atoms in total. The number of rotatable bonds is 4. The van der Waals surface area contributed by atoms with Gasteiger partial charge >= 0.3 is 6.03 Å². The lowest BCUT2D eigenvalue weighted by Crippen LogP contribution is -2.54. The molecule has 2 aromatic carbocycles. The van der Waals surface area contributed by atoms with E-state index in [0.717, 1.165) is 46.5 Å². The molecule has 2 aliphatic heterocycles. The Labute approximate surface area is 208 Å². The first-order chi connectivity index (χ1) is 16.4. The third-order valence-corrected chi connectivity index (χ3v) is 7.37. The van der Waals surface area contributed by atoms with Gasteiger partial charge in [-0.1, -0.05) is 19.9 Å². The van der Waals surface area contributed by atoms with Crippen molar-refractivity contribution in [2.75, 3.05) is 16.3 Å². The normalized spacial score (nSPS) is 20.8. The van der Waals surface area contributed by atoms with Crippen molar-refractivity contribution in [1.29, 1.82) is 0 Å². The fourth-order valence-electron chi connectivity index (χ4n) is 5.37. The molecule has 0 radical (unpaired) electrons. The lowest BCUT2D eigenvalue weighted by atomic mass is 9.78. The molecular weight excluding hydrogens is 438 g/mol. The highest BCUT2D eigenvalue weighted by atomic mass is 16.2. The molecule has 1 atom stereocenters. The summed E-state index contributed by atoms with van der Waals surface area (Å²) in [5.41, 5.74) is 6.73. The molecule has 2 aliphatic rings. The zero-order valence-corrected chi connectivity index (χ0v) is 21.8. The summed E-state index contributed by atoms with van der Waals surface area (Å²) >= 11 is 0. The number of fused-ring (bicyclic) bond motifs is 1. The topological polar surface area (TPSA) is 69.7 Å². The zero-order chi connectivity index (χ0) is 25.7. The van der Waals surface area contributed by atoms with Crippen LogP contribution >= 0.6 is 0 Å². The number of barbiturate groups is 1. The van der Waals surface area contributed by atoms with E-state index in [1.807, 2.05) is 26.8 Å². The summed E-state index contributed by atoms with van der Waals surface area (Å²) in [5, 5.41) is 2.34. The predicted octanol–water partition coefficient (Wildman–Crippen LogP) is 5.78. The van der Waals surface area contributed by atoms with E-state index in [2.05, 4.69) is 50.0 Å². The van der Waals surface area contributed by atoms with E-state index in [1.165, 1.54) is 11.3 Å². The zero-order valence-electron chi connectivity index (χ0n) is 21.8. The van der Waals surface area contributed by atoms with Crippen molar-refractivity contribution in [2.24, 2.45) is 0 Å². The van der Waals surface area contributed by atoms with Gasteiger partial charge in [0.2, 0.25) is 0 Å². The van der Waals surface area contributed by atoms with Gasteiger partial charge in [-0.15, -0.1) is 0 Å². The predicted molar refractivity (Wildman–Crippen MR) is 141 cm³/mol. The molecule has 1 unspecified atom stereocenters. The highest BCUT2D eigenvalue weighted by Gasteiger charge is 2.38. The van der Waals surface area contributed by atoms with Gasteiger partial charge in [0.25, 0.3) is 11.8 Å². The summed E-state index contributed by atoms with van der Waals surface area (Å²) in [6.07, 6.45) is 3.71. The van der Waals surface area contributed by atoms with Crippen LogP contribution in [0.3, 0.4) is 0 Å². The van der Waals surface area contributed by atoms with Gasteiger partial charge in [0.15, 0.2) is 0 Å². The Kier molecular flexibility index (Phi) is 6.34. The van der Waals surface area contributed by atoms with Crippen molar-refractivity contribution in [3.63, 3.8) is 0 Å². The van der Waals surface area contributed by atoms with Crippen LogP contribution in [0.1, 0.15) is 74.3 Å². The fourth-order valence-corrected chi connectivity index (χ4v) is 5.37. The van der Waals surface area contributed by atoms with Crippen LogP contribution in [0.15, 0.2) is 35.9 Å². The number of carbonyl (C=O) groups is 3. The van der Waals surface area contributed by atoms with Crippen LogP contribution in [0, 0.1) is 20.8 Å². The number of nitrogens with one attached hydrogen (secondary N) is 1. The van der Waals surface area contributed by atoms with Gasteiger partial charge in [-0.25, -0.2) is 9.69 Å². The summed E-state index contributed by atoms with van der Waals surface area (Å²) in [5.74, 6) is -0.935. The summed E-state index contributed by atoms with van der Waals surface area (Å²) in [6, 6.07) is 8.93. The maximum absolute atomic E-state index is 13.4. The van der Waals surface area contributed by atoms with Crippen molar-refractivity contribution in [3.05, 3.63) is 63.7 Å². The number of nitrogens with zero attached hydrogens (tertiary/aromatic N) is 2. The first-order valence-corrected chi connectivity index (χ1v) is 12.4. The van der Waals surface area contributed by atoms with E-state index in [4.69, 9.17) is 0 Å². The maximum atomic E-state index is 13.4. The van der Waals surface area contributed by atoms with Crippen LogP contribution in [-0.4, -0.2) is 29.9 Å². The molecule has 4 amide bonds. The van der Waals surface area contributed by atoms with E-state index in [0.29, 0.717) is 11.6 Å². The summed E-state index contributed by atoms with van der Waals surface area (Å²) < 4.78 is 0. The molecule has 1 fully saturated rings. The molecule has 4 rings (SSSR count). The number of benzene rings is 2. The number of urea groups is 1. The largest absolute Gasteiger partial charge is 0.366 e. The van der Waals surface area contributed by atoms with Gasteiger partial charge in [0.1, 0.15) is 5.57 Å². The van der Waals surface area contributed by atoms with Gasteiger partial charge in [0, 0.05) is 17.8 Å². The second kappa shape index (κ2) is 8.99. The molecule has 0 aromatic heterocycles. The molecule has 184 valence electrons. The lowest BCUT2D eigenvalue weighted by Gasteiger charge is -2.48. The molecule has 0 bridgehead atoms. The highest BCUT2D eigenvalue weighted by molar-refractivity contribution is 6.39. The second-order valence-corrected chi connectivity index (χ2v) is 10.6. The molecule has 0 saturated carbocycles. The van der Waals surface area contributed by atoms with Gasteiger partial charge in [0.05, 0.1) is 5.69 Å². The Hall–Kier alpha value is -3.41. The van der Waals surface area contributed by atoms with Crippen LogP contribution in [0.5, 0.6) is 0 Å². The van der Waals surface area contributed by atoms with Gasteiger partial charge in [-0.05, 0) is 112 Å². The van der Waals surface area contributed by atoms with Crippen LogP contribution < -0.4 is 15.1 Å². The molecular formula is C29H35N3O3. The minimum Gasteiger partial charge on any atom is -0.366 e. The highest BCUT2D eigenvalue weighted by Crippen LogP contribution is 2.44. The molecule has 0 spiro atoms. The van der Waals surface area contributed by atoms with E-state index < -0.39 is 17.8 Å². The quantitative estimate of drug-likeness (QED) is 0.451.